The van der Waals surface area contributed by atoms with Crippen LogP contribution < -0.4 is 0 Å². The Bertz CT molecular complexity index is 348. The second-order valence-corrected chi connectivity index (χ2v) is 4.71. The van der Waals surface area contributed by atoms with Crippen LogP contribution in [0.2, 0.25) is 0 Å². The Balaban J connectivity index is 1.96. The number of thiazole rings is 1. The lowest BCUT2D eigenvalue weighted by Gasteiger charge is -2.16. The summed E-state index contributed by atoms with van der Waals surface area (Å²) in [6, 6.07) is 2.85. The summed E-state index contributed by atoms with van der Waals surface area (Å²) in [5.74, 6) is 0. The average molecular weight is 207 g/mol. The lowest BCUT2D eigenvalue weighted by molar-refractivity contribution is 0.284. The van der Waals surface area contributed by atoms with E-state index in [1.54, 1.807) is 11.3 Å². The van der Waals surface area contributed by atoms with E-state index in [-0.39, 0.29) is 0 Å². The quantitative estimate of drug-likeness (QED) is 0.708. The molecular formula is C10H13N3S. The summed E-state index contributed by atoms with van der Waals surface area (Å²) in [5, 5.41) is 11.9. The highest BCUT2D eigenvalue weighted by molar-refractivity contribution is 7.09. The van der Waals surface area contributed by atoms with Crippen molar-refractivity contribution < 1.29 is 0 Å². The van der Waals surface area contributed by atoms with Gasteiger partial charge in [0, 0.05) is 18.0 Å². The molecule has 0 unspecified atom stereocenters. The fourth-order valence-electron chi connectivity index (χ4n) is 1.53. The largest absolute Gasteiger partial charge is 0.282 e. The lowest BCUT2D eigenvalue weighted by atomic mass is 10.4. The van der Waals surface area contributed by atoms with Crippen LogP contribution in [0, 0.1) is 18.3 Å². The van der Waals surface area contributed by atoms with Gasteiger partial charge in [-0.05, 0) is 19.8 Å². The van der Waals surface area contributed by atoms with Gasteiger partial charge in [0.05, 0.1) is 23.3 Å². The molecule has 2 rings (SSSR count). The predicted molar refractivity (Wildman–Crippen MR) is 55.9 cm³/mol. The average Bonchev–Trinajstić information content (AvgIpc) is 2.91. The SMILES string of the molecule is Cc1nc(CN(CC#N)C2CC2)cs1. The smallest absolute Gasteiger partial charge is 0.0897 e. The van der Waals surface area contributed by atoms with Crippen molar-refractivity contribution in [3.8, 4) is 6.07 Å². The predicted octanol–water partition coefficient (Wildman–Crippen LogP) is 1.94. The van der Waals surface area contributed by atoms with Gasteiger partial charge in [0.1, 0.15) is 0 Å². The van der Waals surface area contributed by atoms with Gasteiger partial charge in [-0.3, -0.25) is 4.90 Å². The van der Waals surface area contributed by atoms with Crippen molar-refractivity contribution in [2.75, 3.05) is 6.54 Å². The van der Waals surface area contributed by atoms with Gasteiger partial charge >= 0.3 is 0 Å². The van der Waals surface area contributed by atoms with Gasteiger partial charge in [-0.25, -0.2) is 4.98 Å². The zero-order valence-corrected chi connectivity index (χ0v) is 9.05. The van der Waals surface area contributed by atoms with E-state index in [0.717, 1.165) is 17.2 Å². The summed E-state index contributed by atoms with van der Waals surface area (Å²) in [7, 11) is 0. The summed E-state index contributed by atoms with van der Waals surface area (Å²) in [6.07, 6.45) is 2.48. The summed E-state index contributed by atoms with van der Waals surface area (Å²) in [4.78, 5) is 6.63. The third-order valence-electron chi connectivity index (χ3n) is 2.37. The monoisotopic (exact) mass is 207 g/mol. The molecule has 3 nitrogen and oxygen atoms in total. The van der Waals surface area contributed by atoms with Crippen LogP contribution in [0.25, 0.3) is 0 Å². The van der Waals surface area contributed by atoms with Crippen LogP contribution in [0.5, 0.6) is 0 Å². The summed E-state index contributed by atoms with van der Waals surface area (Å²) in [5.41, 5.74) is 1.11. The molecule has 0 bridgehead atoms. The number of rotatable bonds is 4. The maximum absolute atomic E-state index is 8.69. The minimum Gasteiger partial charge on any atom is -0.282 e. The van der Waals surface area contributed by atoms with E-state index in [2.05, 4.69) is 21.3 Å². The Hall–Kier alpha value is -0.920. The maximum atomic E-state index is 8.69. The van der Waals surface area contributed by atoms with Crippen LogP contribution in [0.1, 0.15) is 23.5 Å². The maximum Gasteiger partial charge on any atom is 0.0897 e. The highest BCUT2D eigenvalue weighted by atomic mass is 32.1. The minimum atomic E-state index is 0.529. The molecule has 1 aliphatic carbocycles. The lowest BCUT2D eigenvalue weighted by Crippen LogP contribution is -2.25. The molecular weight excluding hydrogens is 194 g/mol. The second-order valence-electron chi connectivity index (χ2n) is 3.65. The molecule has 4 heteroatoms. The van der Waals surface area contributed by atoms with E-state index in [0.29, 0.717) is 12.6 Å². The van der Waals surface area contributed by atoms with Crippen LogP contribution >= 0.6 is 11.3 Å². The van der Waals surface area contributed by atoms with Gasteiger partial charge in [0.15, 0.2) is 0 Å². The molecule has 1 saturated carbocycles. The molecule has 1 aliphatic rings. The Labute approximate surface area is 88.0 Å². The van der Waals surface area contributed by atoms with Crippen LogP contribution in [0.3, 0.4) is 0 Å². The van der Waals surface area contributed by atoms with E-state index in [1.807, 2.05) is 6.92 Å². The van der Waals surface area contributed by atoms with E-state index in [9.17, 15) is 0 Å². The summed E-state index contributed by atoms with van der Waals surface area (Å²) < 4.78 is 0. The number of nitrogens with zero attached hydrogens (tertiary/aromatic N) is 3. The van der Waals surface area contributed by atoms with Crippen molar-refractivity contribution in [1.82, 2.24) is 9.88 Å². The minimum absolute atomic E-state index is 0.529. The molecule has 74 valence electrons. The number of aromatic nitrogens is 1. The Morgan fingerprint density at radius 1 is 1.71 bits per heavy atom. The number of nitriles is 1. The molecule has 0 spiro atoms. The molecule has 0 aliphatic heterocycles. The van der Waals surface area contributed by atoms with Crippen molar-refractivity contribution in [2.45, 2.75) is 32.4 Å². The van der Waals surface area contributed by atoms with Crippen molar-refractivity contribution in [2.24, 2.45) is 0 Å². The molecule has 0 aromatic carbocycles. The van der Waals surface area contributed by atoms with Gasteiger partial charge in [-0.15, -0.1) is 11.3 Å². The topological polar surface area (TPSA) is 39.9 Å². The molecule has 0 N–H and O–H groups in total. The third kappa shape index (κ3) is 2.31. The molecule has 1 aromatic rings. The number of aryl methyl sites for hydroxylation is 1. The van der Waals surface area contributed by atoms with Gasteiger partial charge in [-0.2, -0.15) is 5.26 Å². The first-order valence-electron chi connectivity index (χ1n) is 4.81. The third-order valence-corrected chi connectivity index (χ3v) is 3.19. The van der Waals surface area contributed by atoms with Crippen LogP contribution in [-0.4, -0.2) is 22.5 Å². The Morgan fingerprint density at radius 3 is 3.00 bits per heavy atom. The Morgan fingerprint density at radius 2 is 2.50 bits per heavy atom. The second kappa shape index (κ2) is 4.07. The molecule has 1 heterocycles. The molecule has 0 amide bonds. The van der Waals surface area contributed by atoms with E-state index in [1.165, 1.54) is 12.8 Å². The molecule has 0 radical (unpaired) electrons. The first-order valence-corrected chi connectivity index (χ1v) is 5.69. The highest BCUT2D eigenvalue weighted by Gasteiger charge is 2.28. The molecule has 1 fully saturated rings. The van der Waals surface area contributed by atoms with Crippen molar-refractivity contribution in [3.63, 3.8) is 0 Å². The zero-order valence-electron chi connectivity index (χ0n) is 8.23. The van der Waals surface area contributed by atoms with Crippen LogP contribution in [-0.2, 0) is 6.54 Å². The molecule has 1 aromatic heterocycles. The molecule has 14 heavy (non-hydrogen) atoms. The summed E-state index contributed by atoms with van der Waals surface area (Å²) in [6.45, 7) is 3.38. The number of hydrogen-bond donors (Lipinski definition) is 0. The summed E-state index contributed by atoms with van der Waals surface area (Å²) >= 11 is 1.68. The van der Waals surface area contributed by atoms with Crippen LogP contribution in [0.4, 0.5) is 0 Å². The Kier molecular flexibility index (Phi) is 2.80. The van der Waals surface area contributed by atoms with Crippen molar-refractivity contribution >= 4 is 11.3 Å². The number of hydrogen-bond acceptors (Lipinski definition) is 4. The van der Waals surface area contributed by atoms with Crippen molar-refractivity contribution in [3.05, 3.63) is 16.1 Å². The van der Waals surface area contributed by atoms with E-state index >= 15 is 0 Å². The molecule has 0 atom stereocenters. The van der Waals surface area contributed by atoms with Gasteiger partial charge in [0.2, 0.25) is 0 Å². The van der Waals surface area contributed by atoms with Gasteiger partial charge in [-0.1, -0.05) is 0 Å². The first-order chi connectivity index (χ1) is 6.79. The van der Waals surface area contributed by atoms with E-state index in [4.69, 9.17) is 5.26 Å². The molecule has 0 saturated heterocycles. The fourth-order valence-corrected chi connectivity index (χ4v) is 2.14. The normalized spacial score (nSPS) is 15.8. The fraction of sp³-hybridized carbons (Fsp3) is 0.600. The standard InChI is InChI=1S/C10H13N3S/c1-8-12-9(7-14-8)6-13(5-4-11)10-2-3-10/h7,10H,2-3,5-6H2,1H3. The zero-order chi connectivity index (χ0) is 9.97. The van der Waals surface area contributed by atoms with E-state index < -0.39 is 0 Å². The first kappa shape index (κ1) is 9.63. The van der Waals surface area contributed by atoms with Crippen molar-refractivity contribution in [1.29, 1.82) is 5.26 Å². The van der Waals surface area contributed by atoms with Gasteiger partial charge in [0.25, 0.3) is 0 Å². The van der Waals surface area contributed by atoms with Gasteiger partial charge < -0.3 is 0 Å². The highest BCUT2D eigenvalue weighted by Crippen LogP contribution is 2.27. The van der Waals surface area contributed by atoms with Crippen LogP contribution in [0.15, 0.2) is 5.38 Å².